The van der Waals surface area contributed by atoms with Gasteiger partial charge in [0.1, 0.15) is 0 Å². The van der Waals surface area contributed by atoms with Crippen LogP contribution < -0.4 is 4.90 Å². The molecule has 0 N–H and O–H groups in total. The molecular weight excluding hydrogens is 747 g/mol. The zero-order valence-corrected chi connectivity index (χ0v) is 35.0. The fraction of sp³-hybridized carbons (Fsp3) is 0.0492. The van der Waals surface area contributed by atoms with Crippen LogP contribution in [0.3, 0.4) is 0 Å². The third-order valence-corrected chi connectivity index (χ3v) is 12.8. The lowest BCUT2D eigenvalue weighted by Crippen LogP contribution is -2.16. The van der Waals surface area contributed by atoms with Crippen LogP contribution >= 0.6 is 0 Å². The van der Waals surface area contributed by atoms with Crippen molar-refractivity contribution in [1.29, 1.82) is 0 Å². The minimum atomic E-state index is -0.123. The van der Waals surface area contributed by atoms with Gasteiger partial charge in [0.2, 0.25) is 0 Å². The van der Waals surface area contributed by atoms with Gasteiger partial charge in [0.25, 0.3) is 0 Å². The van der Waals surface area contributed by atoms with E-state index in [0.717, 1.165) is 17.1 Å². The fourth-order valence-electron chi connectivity index (χ4n) is 9.52. The number of benzene rings is 10. The van der Waals surface area contributed by atoms with Gasteiger partial charge >= 0.3 is 0 Å². The topological polar surface area (TPSA) is 3.24 Å². The van der Waals surface area contributed by atoms with E-state index in [1.54, 1.807) is 0 Å². The molecule has 10 aromatic rings. The number of anilines is 3. The van der Waals surface area contributed by atoms with Crippen LogP contribution in [0.2, 0.25) is 0 Å². The summed E-state index contributed by atoms with van der Waals surface area (Å²) >= 11 is 0. The normalized spacial score (nSPS) is 12.5. The quantitative estimate of drug-likeness (QED) is 0.148. The molecule has 0 atom stereocenters. The van der Waals surface area contributed by atoms with Crippen LogP contribution in [-0.4, -0.2) is 0 Å². The van der Waals surface area contributed by atoms with Gasteiger partial charge in [-0.3, -0.25) is 0 Å². The number of fused-ring (bicyclic) bond motifs is 4. The van der Waals surface area contributed by atoms with Crippen LogP contribution in [0.15, 0.2) is 237 Å². The van der Waals surface area contributed by atoms with E-state index in [2.05, 4.69) is 255 Å². The lowest BCUT2D eigenvalue weighted by molar-refractivity contribution is 0.660. The largest absolute Gasteiger partial charge is 0.310 e. The molecule has 0 fully saturated rings. The summed E-state index contributed by atoms with van der Waals surface area (Å²) < 4.78 is 0. The average Bonchev–Trinajstić information content (AvgIpc) is 3.57. The lowest BCUT2D eigenvalue weighted by atomic mass is 9.82. The molecule has 1 aliphatic carbocycles. The first kappa shape index (κ1) is 37.3. The second kappa shape index (κ2) is 15.4. The van der Waals surface area contributed by atoms with Crippen LogP contribution in [-0.2, 0) is 5.41 Å². The molecule has 0 heterocycles. The summed E-state index contributed by atoms with van der Waals surface area (Å²) in [6, 6.07) is 86.7. The molecular formula is C61H45N. The van der Waals surface area contributed by atoms with E-state index >= 15 is 0 Å². The van der Waals surface area contributed by atoms with Crippen LogP contribution in [0.5, 0.6) is 0 Å². The van der Waals surface area contributed by atoms with E-state index in [-0.39, 0.29) is 5.41 Å². The Bertz CT molecular complexity index is 3170. The number of nitrogens with zero attached hydrogens (tertiary/aromatic N) is 1. The van der Waals surface area contributed by atoms with Crippen LogP contribution in [0, 0.1) is 0 Å². The second-order valence-corrected chi connectivity index (χ2v) is 17.0. The Balaban J connectivity index is 0.975. The second-order valence-electron chi connectivity index (χ2n) is 17.0. The summed E-state index contributed by atoms with van der Waals surface area (Å²) in [5, 5.41) is 2.52. The van der Waals surface area contributed by atoms with Gasteiger partial charge in [-0.05, 0) is 143 Å². The van der Waals surface area contributed by atoms with Crippen molar-refractivity contribution in [2.45, 2.75) is 19.3 Å². The highest BCUT2D eigenvalue weighted by atomic mass is 15.1. The predicted molar refractivity (Wildman–Crippen MR) is 263 cm³/mol. The highest BCUT2D eigenvalue weighted by Gasteiger charge is 2.35. The number of hydrogen-bond donors (Lipinski definition) is 0. The maximum absolute atomic E-state index is 2.44. The van der Waals surface area contributed by atoms with Gasteiger partial charge in [-0.25, -0.2) is 0 Å². The van der Waals surface area contributed by atoms with Crippen LogP contribution in [0.4, 0.5) is 17.1 Å². The molecule has 1 aliphatic rings. The highest BCUT2D eigenvalue weighted by molar-refractivity contribution is 5.90. The summed E-state index contributed by atoms with van der Waals surface area (Å²) in [6.07, 6.45) is 0. The molecule has 294 valence electrons. The molecule has 0 unspecified atom stereocenters. The molecule has 0 saturated heterocycles. The minimum absolute atomic E-state index is 0.123. The van der Waals surface area contributed by atoms with E-state index in [9.17, 15) is 0 Å². The summed E-state index contributed by atoms with van der Waals surface area (Å²) in [5.74, 6) is 0. The monoisotopic (exact) mass is 791 g/mol. The van der Waals surface area contributed by atoms with Gasteiger partial charge in [-0.15, -0.1) is 0 Å². The highest BCUT2D eigenvalue weighted by Crippen LogP contribution is 2.51. The minimum Gasteiger partial charge on any atom is -0.310 e. The third kappa shape index (κ3) is 6.79. The van der Waals surface area contributed by atoms with Gasteiger partial charge in [-0.1, -0.05) is 196 Å². The molecule has 0 bridgehead atoms. The predicted octanol–water partition coefficient (Wildman–Crippen LogP) is 17.0. The van der Waals surface area contributed by atoms with E-state index < -0.39 is 0 Å². The molecule has 11 rings (SSSR count). The fourth-order valence-corrected chi connectivity index (χ4v) is 9.52. The van der Waals surface area contributed by atoms with Crippen molar-refractivity contribution < 1.29 is 0 Å². The first-order valence-corrected chi connectivity index (χ1v) is 21.6. The van der Waals surface area contributed by atoms with Gasteiger partial charge in [-0.2, -0.15) is 0 Å². The summed E-state index contributed by atoms with van der Waals surface area (Å²) in [6.45, 7) is 4.72. The summed E-state index contributed by atoms with van der Waals surface area (Å²) in [4.78, 5) is 2.44. The first-order chi connectivity index (χ1) is 30.5. The van der Waals surface area contributed by atoms with Gasteiger partial charge in [0, 0.05) is 22.5 Å². The summed E-state index contributed by atoms with van der Waals surface area (Å²) in [5.41, 5.74) is 20.6. The standard InChI is InChI=1S/C61H45N/c1-61(2)59-23-12-11-22-57(59)58-35-34-55(41-60(58)61)62(56-39-52(42-14-5-3-6-15-42)38-53(40-56)43-16-7-4-8-17-43)54-32-30-46(31-33-54)45-24-26-47(27-25-45)49-20-13-21-50(36-49)51-29-28-44-18-9-10-19-48(44)37-51/h3-41H,1-2H3. The van der Waals surface area contributed by atoms with Crippen molar-refractivity contribution in [3.63, 3.8) is 0 Å². The Labute approximate surface area is 364 Å². The van der Waals surface area contributed by atoms with Crippen molar-refractivity contribution in [2.75, 3.05) is 4.90 Å². The lowest BCUT2D eigenvalue weighted by Gasteiger charge is -2.29. The Hall–Kier alpha value is -7.74. The maximum atomic E-state index is 2.44. The van der Waals surface area contributed by atoms with E-state index in [1.165, 1.54) is 88.7 Å². The molecule has 10 aromatic carbocycles. The van der Waals surface area contributed by atoms with E-state index in [0.29, 0.717) is 0 Å². The molecule has 0 spiro atoms. The smallest absolute Gasteiger partial charge is 0.0473 e. The zero-order chi connectivity index (χ0) is 41.6. The van der Waals surface area contributed by atoms with Crippen LogP contribution in [0.1, 0.15) is 25.0 Å². The molecule has 0 amide bonds. The van der Waals surface area contributed by atoms with Crippen molar-refractivity contribution in [2.24, 2.45) is 0 Å². The molecule has 1 heteroatoms. The Kier molecular flexibility index (Phi) is 9.24. The van der Waals surface area contributed by atoms with Gasteiger partial charge in [0.15, 0.2) is 0 Å². The Morgan fingerprint density at radius 3 is 1.39 bits per heavy atom. The molecule has 0 saturated carbocycles. The third-order valence-electron chi connectivity index (χ3n) is 12.8. The van der Waals surface area contributed by atoms with Crippen molar-refractivity contribution in [3.05, 3.63) is 248 Å². The average molecular weight is 792 g/mol. The zero-order valence-electron chi connectivity index (χ0n) is 35.0. The molecule has 0 aliphatic heterocycles. The van der Waals surface area contributed by atoms with Crippen molar-refractivity contribution >= 4 is 27.8 Å². The Morgan fingerprint density at radius 2 is 0.710 bits per heavy atom. The molecule has 0 aromatic heterocycles. The molecule has 0 radical (unpaired) electrons. The summed E-state index contributed by atoms with van der Waals surface area (Å²) in [7, 11) is 0. The van der Waals surface area contributed by atoms with Gasteiger partial charge in [0.05, 0.1) is 0 Å². The number of hydrogen-bond acceptors (Lipinski definition) is 1. The number of rotatable bonds is 8. The SMILES string of the molecule is CC1(C)c2ccccc2-c2ccc(N(c3ccc(-c4ccc(-c5cccc(-c6ccc7ccccc7c6)c5)cc4)cc3)c3cc(-c4ccccc4)cc(-c4ccccc4)c3)cc21. The Morgan fingerprint density at radius 1 is 0.258 bits per heavy atom. The van der Waals surface area contributed by atoms with Gasteiger partial charge < -0.3 is 4.90 Å². The van der Waals surface area contributed by atoms with E-state index in [1.807, 2.05) is 0 Å². The van der Waals surface area contributed by atoms with Crippen LogP contribution in [0.25, 0.3) is 77.5 Å². The van der Waals surface area contributed by atoms with E-state index in [4.69, 9.17) is 0 Å². The van der Waals surface area contributed by atoms with Crippen molar-refractivity contribution in [1.82, 2.24) is 0 Å². The first-order valence-electron chi connectivity index (χ1n) is 21.6. The molecule has 1 nitrogen and oxygen atoms in total. The maximum Gasteiger partial charge on any atom is 0.0473 e. The van der Waals surface area contributed by atoms with Crippen molar-refractivity contribution in [3.8, 4) is 66.8 Å². The molecule has 62 heavy (non-hydrogen) atoms.